The summed E-state index contributed by atoms with van der Waals surface area (Å²) in [5, 5.41) is 0. The molecule has 13 heteroatoms. The maximum Gasteiger partial charge on any atom is 0.433 e. The first-order valence-electron chi connectivity index (χ1n) is 10.8. The van der Waals surface area contributed by atoms with Gasteiger partial charge in [0, 0.05) is 12.6 Å². The molecule has 2 aliphatic rings. The fourth-order valence-corrected chi connectivity index (χ4v) is 4.25. The number of aromatic nitrogens is 3. The van der Waals surface area contributed by atoms with Gasteiger partial charge in [0.2, 0.25) is 5.88 Å². The van der Waals surface area contributed by atoms with Gasteiger partial charge in [-0.2, -0.15) is 18.2 Å². The molecule has 5 rings (SSSR count). The Hall–Kier alpha value is -3.74. The van der Waals surface area contributed by atoms with Crippen molar-refractivity contribution in [1.82, 2.24) is 14.5 Å². The average molecular weight is 510 g/mol. The number of halogens is 5. The first kappa shape index (κ1) is 24.0. The molecule has 3 aromatic rings. The fourth-order valence-electron chi connectivity index (χ4n) is 4.25. The molecule has 0 aliphatic carbocycles. The summed E-state index contributed by atoms with van der Waals surface area (Å²) in [5.74, 6) is -2.65. The summed E-state index contributed by atoms with van der Waals surface area (Å²) in [4.78, 5) is 21.7. The van der Waals surface area contributed by atoms with Crippen molar-refractivity contribution in [3.8, 4) is 17.4 Å². The minimum Gasteiger partial charge on any atom is -0.473 e. The second kappa shape index (κ2) is 8.73. The lowest BCUT2D eigenvalue weighted by atomic mass is 10.0. The van der Waals surface area contributed by atoms with Gasteiger partial charge in [-0.25, -0.2) is 18.6 Å². The molecule has 8 nitrogen and oxygen atoms in total. The molecule has 1 aromatic carbocycles. The largest absolute Gasteiger partial charge is 0.473 e. The molecule has 4 heterocycles. The lowest BCUT2D eigenvalue weighted by Crippen LogP contribution is -2.53. The summed E-state index contributed by atoms with van der Waals surface area (Å²) in [6.07, 6.45) is -3.94. The number of hydrogen-bond acceptors (Lipinski definition) is 7. The highest BCUT2D eigenvalue weighted by atomic mass is 19.4. The van der Waals surface area contributed by atoms with Crippen LogP contribution in [0.15, 0.2) is 41.3 Å². The van der Waals surface area contributed by atoms with E-state index in [2.05, 4.69) is 9.97 Å². The van der Waals surface area contributed by atoms with Crippen molar-refractivity contribution >= 4 is 5.82 Å². The third-order valence-electron chi connectivity index (χ3n) is 5.96. The number of benzene rings is 1. The number of hydrogen-bond donors (Lipinski definition) is 0. The zero-order valence-corrected chi connectivity index (χ0v) is 18.8. The molecule has 1 fully saturated rings. The molecular formula is C23H19F5N4O4. The van der Waals surface area contributed by atoms with Gasteiger partial charge in [0.25, 0.3) is 0 Å². The number of morpholine rings is 1. The van der Waals surface area contributed by atoms with Gasteiger partial charge in [-0.3, -0.25) is 4.57 Å². The average Bonchev–Trinajstić information content (AvgIpc) is 3.13. The molecule has 0 spiro atoms. The molecule has 0 saturated carbocycles. The predicted molar refractivity (Wildman–Crippen MR) is 115 cm³/mol. The van der Waals surface area contributed by atoms with E-state index in [0.29, 0.717) is 38.2 Å². The molecular weight excluding hydrogens is 491 g/mol. The van der Waals surface area contributed by atoms with E-state index in [1.54, 1.807) is 6.07 Å². The van der Waals surface area contributed by atoms with Crippen molar-refractivity contribution in [1.29, 1.82) is 0 Å². The normalized spacial score (nSPS) is 19.1. The SMILES string of the molecule is C[C@@]12COCCN1c1cc(OCc3cc(F)c(Oc4ccc(C(F)(F)F)nc4)c(F)c3)nc(=O)n1C2. The second-order valence-corrected chi connectivity index (χ2v) is 8.68. The minimum atomic E-state index is -4.65. The van der Waals surface area contributed by atoms with Crippen LogP contribution in [0.5, 0.6) is 17.4 Å². The van der Waals surface area contributed by atoms with Crippen molar-refractivity contribution in [2.75, 3.05) is 24.7 Å². The highest BCUT2D eigenvalue weighted by Gasteiger charge is 2.43. The maximum absolute atomic E-state index is 14.6. The molecule has 2 aliphatic heterocycles. The van der Waals surface area contributed by atoms with E-state index in [1.165, 1.54) is 4.57 Å². The lowest BCUT2D eigenvalue weighted by molar-refractivity contribution is -0.141. The van der Waals surface area contributed by atoms with Gasteiger partial charge in [0.1, 0.15) is 23.9 Å². The summed E-state index contributed by atoms with van der Waals surface area (Å²) in [6, 6.07) is 5.05. The molecule has 1 atom stereocenters. The van der Waals surface area contributed by atoms with E-state index >= 15 is 0 Å². The van der Waals surface area contributed by atoms with Crippen LogP contribution in [-0.4, -0.2) is 39.8 Å². The molecule has 1 saturated heterocycles. The topological polar surface area (TPSA) is 78.7 Å². The van der Waals surface area contributed by atoms with Crippen LogP contribution in [-0.2, 0) is 24.1 Å². The van der Waals surface area contributed by atoms with Crippen molar-refractivity contribution in [2.24, 2.45) is 0 Å². The van der Waals surface area contributed by atoms with E-state index in [-0.39, 0.29) is 29.3 Å². The Bertz CT molecular complexity index is 1340. The van der Waals surface area contributed by atoms with Gasteiger partial charge in [-0.05, 0) is 36.8 Å². The standard InChI is InChI=1S/C23H19F5N4O4/c1-22-11-31-19(32(22)4-5-34-12-22)8-18(30-21(31)33)35-10-13-6-15(24)20(16(25)7-13)36-14-2-3-17(29-9-14)23(26,27)28/h2-3,6-9H,4-5,10-12H2,1H3/t22-/m1/s1. The van der Waals surface area contributed by atoms with Crippen LogP contribution in [0.25, 0.3) is 0 Å². The Balaban J connectivity index is 1.30. The molecule has 0 bridgehead atoms. The van der Waals surface area contributed by atoms with Crippen LogP contribution in [0.4, 0.5) is 27.8 Å². The smallest absolute Gasteiger partial charge is 0.433 e. The minimum absolute atomic E-state index is 0.000960. The van der Waals surface area contributed by atoms with Crippen molar-refractivity contribution < 1.29 is 36.2 Å². The van der Waals surface area contributed by atoms with Crippen LogP contribution in [0, 0.1) is 11.6 Å². The van der Waals surface area contributed by atoms with E-state index in [9.17, 15) is 26.7 Å². The zero-order valence-electron chi connectivity index (χ0n) is 18.8. The summed E-state index contributed by atoms with van der Waals surface area (Å²) in [7, 11) is 0. The maximum atomic E-state index is 14.6. The van der Waals surface area contributed by atoms with Crippen LogP contribution >= 0.6 is 0 Å². The van der Waals surface area contributed by atoms with Crippen LogP contribution in [0.1, 0.15) is 18.2 Å². The first-order chi connectivity index (χ1) is 17.0. The molecule has 36 heavy (non-hydrogen) atoms. The third-order valence-corrected chi connectivity index (χ3v) is 5.96. The number of anilines is 1. The lowest BCUT2D eigenvalue weighted by Gasteiger charge is -2.39. The van der Waals surface area contributed by atoms with Crippen molar-refractivity contribution in [2.45, 2.75) is 31.8 Å². The highest BCUT2D eigenvalue weighted by molar-refractivity contribution is 5.50. The summed E-state index contributed by atoms with van der Waals surface area (Å²) in [5.41, 5.74) is -1.97. The molecule has 0 radical (unpaired) electrons. The van der Waals surface area contributed by atoms with Gasteiger partial charge in [-0.15, -0.1) is 0 Å². The number of fused-ring (bicyclic) bond motifs is 3. The fraction of sp³-hybridized carbons (Fsp3) is 0.348. The Morgan fingerprint density at radius 2 is 1.92 bits per heavy atom. The quantitative estimate of drug-likeness (QED) is 0.482. The summed E-state index contributed by atoms with van der Waals surface area (Å²) in [6.45, 7) is 3.66. The molecule has 2 aromatic heterocycles. The predicted octanol–water partition coefficient (Wildman–Crippen LogP) is 3.92. The first-order valence-corrected chi connectivity index (χ1v) is 10.8. The second-order valence-electron chi connectivity index (χ2n) is 8.68. The Kier molecular flexibility index (Phi) is 5.81. The van der Waals surface area contributed by atoms with Gasteiger partial charge < -0.3 is 19.1 Å². The Morgan fingerprint density at radius 1 is 1.17 bits per heavy atom. The van der Waals surface area contributed by atoms with Crippen molar-refractivity contribution in [3.05, 3.63) is 69.9 Å². The van der Waals surface area contributed by atoms with Crippen molar-refractivity contribution in [3.63, 3.8) is 0 Å². The van der Waals surface area contributed by atoms with Gasteiger partial charge in [-0.1, -0.05) is 0 Å². The van der Waals surface area contributed by atoms with Gasteiger partial charge in [0.15, 0.2) is 17.4 Å². The van der Waals surface area contributed by atoms with Crippen LogP contribution in [0.2, 0.25) is 0 Å². The monoisotopic (exact) mass is 510 g/mol. The van der Waals surface area contributed by atoms with Gasteiger partial charge >= 0.3 is 11.9 Å². The van der Waals surface area contributed by atoms with E-state index in [4.69, 9.17) is 14.2 Å². The molecule has 0 N–H and O–H groups in total. The summed E-state index contributed by atoms with van der Waals surface area (Å²) >= 11 is 0. The Morgan fingerprint density at radius 3 is 2.58 bits per heavy atom. The van der Waals surface area contributed by atoms with E-state index < -0.39 is 34.9 Å². The van der Waals surface area contributed by atoms with E-state index in [0.717, 1.165) is 24.4 Å². The third kappa shape index (κ3) is 4.45. The molecule has 0 amide bonds. The van der Waals surface area contributed by atoms with Crippen LogP contribution < -0.4 is 20.1 Å². The summed E-state index contributed by atoms with van der Waals surface area (Å²) < 4.78 is 84.7. The number of pyridine rings is 1. The number of alkyl halides is 3. The van der Waals surface area contributed by atoms with E-state index in [1.807, 2.05) is 11.8 Å². The Labute approximate surface area is 200 Å². The molecule has 190 valence electrons. The van der Waals surface area contributed by atoms with Crippen LogP contribution in [0.3, 0.4) is 0 Å². The highest BCUT2D eigenvalue weighted by Crippen LogP contribution is 2.36. The number of rotatable bonds is 5. The number of ether oxygens (including phenoxy) is 3. The zero-order chi connectivity index (χ0) is 25.7. The molecule has 0 unspecified atom stereocenters. The number of nitrogens with zero attached hydrogens (tertiary/aromatic N) is 4. The van der Waals surface area contributed by atoms with Gasteiger partial charge in [0.05, 0.1) is 31.5 Å².